The topological polar surface area (TPSA) is 29.3 Å². The van der Waals surface area contributed by atoms with Gasteiger partial charge in [0, 0.05) is 18.6 Å². The number of nitrogens with zero attached hydrogens (tertiary/aromatic N) is 1. The lowest BCUT2D eigenvalue weighted by Crippen LogP contribution is -2.50. The monoisotopic (exact) mass is 198 g/mol. The van der Waals surface area contributed by atoms with E-state index >= 15 is 0 Å². The molecule has 0 aromatic heterocycles. The van der Waals surface area contributed by atoms with Gasteiger partial charge in [0.25, 0.3) is 0 Å². The molecule has 1 rings (SSSR count). The Balaban J connectivity index is 2.46. The van der Waals surface area contributed by atoms with Gasteiger partial charge >= 0.3 is 0 Å². The van der Waals surface area contributed by atoms with Gasteiger partial charge in [0.05, 0.1) is 0 Å². The van der Waals surface area contributed by atoms with Gasteiger partial charge in [0.2, 0.25) is 0 Å². The van der Waals surface area contributed by atoms with E-state index in [1.807, 2.05) is 0 Å². The summed E-state index contributed by atoms with van der Waals surface area (Å²) in [5.74, 6) is 1.60. The van der Waals surface area contributed by atoms with Crippen LogP contribution in [0.4, 0.5) is 0 Å². The molecule has 0 saturated heterocycles. The molecule has 0 aromatic carbocycles. The molecule has 2 heteroatoms. The highest BCUT2D eigenvalue weighted by Gasteiger charge is 2.28. The molecule has 1 aliphatic rings. The predicted molar refractivity (Wildman–Crippen MR) is 62.2 cm³/mol. The van der Waals surface area contributed by atoms with E-state index in [1.165, 1.54) is 25.8 Å². The van der Waals surface area contributed by atoms with E-state index in [1.54, 1.807) is 0 Å². The number of rotatable bonds is 3. The average molecular weight is 198 g/mol. The lowest BCUT2D eigenvalue weighted by molar-refractivity contribution is 0.130. The summed E-state index contributed by atoms with van der Waals surface area (Å²) in [6, 6.07) is 1.01. The standard InChI is InChI=1S/C12H26N2/c1-9(2)8-14(4)12-7-10(3)5-6-11(12)13/h9-12H,5-8,13H2,1-4H3. The SMILES string of the molecule is CC(C)CN(C)C1CC(C)CCC1N. The summed E-state index contributed by atoms with van der Waals surface area (Å²) in [7, 11) is 2.22. The molecule has 3 unspecified atom stereocenters. The molecule has 84 valence electrons. The van der Waals surface area contributed by atoms with Crippen molar-refractivity contribution in [1.29, 1.82) is 0 Å². The van der Waals surface area contributed by atoms with Gasteiger partial charge < -0.3 is 10.6 Å². The molecule has 2 nitrogen and oxygen atoms in total. The zero-order valence-electron chi connectivity index (χ0n) is 10.2. The molecule has 0 aliphatic heterocycles. The Bertz CT molecular complexity index is 168. The van der Waals surface area contributed by atoms with Crippen LogP contribution in [0.25, 0.3) is 0 Å². The van der Waals surface area contributed by atoms with Gasteiger partial charge in [-0.05, 0) is 38.1 Å². The highest BCUT2D eigenvalue weighted by atomic mass is 15.1. The van der Waals surface area contributed by atoms with Gasteiger partial charge in [0.15, 0.2) is 0 Å². The largest absolute Gasteiger partial charge is 0.326 e. The molecule has 1 fully saturated rings. The second-order valence-corrected chi connectivity index (χ2v) is 5.48. The van der Waals surface area contributed by atoms with Crippen molar-refractivity contribution >= 4 is 0 Å². The van der Waals surface area contributed by atoms with Crippen molar-refractivity contribution in [1.82, 2.24) is 4.90 Å². The van der Waals surface area contributed by atoms with Crippen molar-refractivity contribution < 1.29 is 0 Å². The van der Waals surface area contributed by atoms with Crippen LogP contribution in [0.1, 0.15) is 40.0 Å². The van der Waals surface area contributed by atoms with E-state index in [4.69, 9.17) is 5.73 Å². The minimum atomic E-state index is 0.398. The maximum Gasteiger partial charge on any atom is 0.0246 e. The Morgan fingerprint density at radius 1 is 1.36 bits per heavy atom. The summed E-state index contributed by atoms with van der Waals surface area (Å²) in [6.45, 7) is 8.07. The highest BCUT2D eigenvalue weighted by Crippen LogP contribution is 2.26. The molecule has 3 atom stereocenters. The Labute approximate surface area is 88.8 Å². The Kier molecular flexibility index (Phi) is 4.39. The van der Waals surface area contributed by atoms with Crippen LogP contribution in [0.3, 0.4) is 0 Å². The van der Waals surface area contributed by atoms with Crippen molar-refractivity contribution in [3.05, 3.63) is 0 Å². The third kappa shape index (κ3) is 3.25. The van der Waals surface area contributed by atoms with E-state index in [9.17, 15) is 0 Å². The summed E-state index contributed by atoms with van der Waals surface area (Å²) < 4.78 is 0. The molecule has 14 heavy (non-hydrogen) atoms. The molecule has 0 radical (unpaired) electrons. The molecular weight excluding hydrogens is 172 g/mol. The Morgan fingerprint density at radius 3 is 2.57 bits per heavy atom. The maximum atomic E-state index is 6.18. The normalized spacial score (nSPS) is 34.1. The van der Waals surface area contributed by atoms with Crippen LogP contribution in [0.5, 0.6) is 0 Å². The smallest absolute Gasteiger partial charge is 0.0246 e. The first kappa shape index (κ1) is 12.0. The first-order valence-electron chi connectivity index (χ1n) is 5.96. The van der Waals surface area contributed by atoms with E-state index in [2.05, 4.69) is 32.7 Å². The van der Waals surface area contributed by atoms with Gasteiger partial charge in [-0.1, -0.05) is 20.8 Å². The zero-order chi connectivity index (χ0) is 10.7. The van der Waals surface area contributed by atoms with Gasteiger partial charge in [-0.3, -0.25) is 0 Å². The van der Waals surface area contributed by atoms with Gasteiger partial charge in [-0.25, -0.2) is 0 Å². The second kappa shape index (κ2) is 5.13. The van der Waals surface area contributed by atoms with Crippen LogP contribution in [0, 0.1) is 11.8 Å². The van der Waals surface area contributed by atoms with Crippen molar-refractivity contribution in [3.8, 4) is 0 Å². The minimum absolute atomic E-state index is 0.398. The van der Waals surface area contributed by atoms with E-state index in [0.29, 0.717) is 12.1 Å². The van der Waals surface area contributed by atoms with Crippen LogP contribution in [0.15, 0.2) is 0 Å². The van der Waals surface area contributed by atoms with E-state index in [0.717, 1.165) is 11.8 Å². The number of hydrogen-bond donors (Lipinski definition) is 1. The fraction of sp³-hybridized carbons (Fsp3) is 1.00. The van der Waals surface area contributed by atoms with Crippen LogP contribution in [-0.2, 0) is 0 Å². The molecule has 0 aromatic rings. The second-order valence-electron chi connectivity index (χ2n) is 5.48. The first-order chi connectivity index (χ1) is 6.50. The van der Waals surface area contributed by atoms with Crippen molar-refractivity contribution in [2.75, 3.05) is 13.6 Å². The summed E-state index contributed by atoms with van der Waals surface area (Å²) in [6.07, 6.45) is 3.80. The van der Waals surface area contributed by atoms with E-state index in [-0.39, 0.29) is 0 Å². The average Bonchev–Trinajstić information content (AvgIpc) is 2.08. The Hall–Kier alpha value is -0.0800. The number of likely N-dealkylation sites (N-methyl/N-ethyl adjacent to an activating group) is 1. The number of nitrogens with two attached hydrogens (primary N) is 1. The quantitative estimate of drug-likeness (QED) is 0.752. The fourth-order valence-electron chi connectivity index (χ4n) is 2.59. The van der Waals surface area contributed by atoms with Crippen molar-refractivity contribution in [2.45, 2.75) is 52.1 Å². The van der Waals surface area contributed by atoms with Gasteiger partial charge in [-0.15, -0.1) is 0 Å². The molecule has 1 saturated carbocycles. The van der Waals surface area contributed by atoms with Crippen LogP contribution >= 0.6 is 0 Å². The van der Waals surface area contributed by atoms with Crippen molar-refractivity contribution in [3.63, 3.8) is 0 Å². The minimum Gasteiger partial charge on any atom is -0.326 e. The lowest BCUT2D eigenvalue weighted by atomic mass is 9.83. The summed E-state index contributed by atoms with van der Waals surface area (Å²) >= 11 is 0. The van der Waals surface area contributed by atoms with E-state index < -0.39 is 0 Å². The molecular formula is C12H26N2. The molecule has 2 N–H and O–H groups in total. The molecule has 0 heterocycles. The van der Waals surface area contributed by atoms with Crippen molar-refractivity contribution in [2.24, 2.45) is 17.6 Å². The molecule has 0 spiro atoms. The first-order valence-corrected chi connectivity index (χ1v) is 5.96. The van der Waals surface area contributed by atoms with Crippen LogP contribution in [0.2, 0.25) is 0 Å². The lowest BCUT2D eigenvalue weighted by Gasteiger charge is -2.39. The molecule has 0 amide bonds. The van der Waals surface area contributed by atoms with Gasteiger partial charge in [0.1, 0.15) is 0 Å². The molecule has 0 bridgehead atoms. The third-order valence-corrected chi connectivity index (χ3v) is 3.35. The Morgan fingerprint density at radius 2 is 2.00 bits per heavy atom. The zero-order valence-corrected chi connectivity index (χ0v) is 10.2. The molecule has 1 aliphatic carbocycles. The predicted octanol–water partition coefficient (Wildman–Crippen LogP) is 2.09. The van der Waals surface area contributed by atoms with Gasteiger partial charge in [-0.2, -0.15) is 0 Å². The van der Waals surface area contributed by atoms with Crippen LogP contribution < -0.4 is 5.73 Å². The maximum absolute atomic E-state index is 6.18. The third-order valence-electron chi connectivity index (χ3n) is 3.35. The highest BCUT2D eigenvalue weighted by molar-refractivity contribution is 4.87. The summed E-state index contributed by atoms with van der Waals surface area (Å²) in [5.41, 5.74) is 6.18. The summed E-state index contributed by atoms with van der Waals surface area (Å²) in [5, 5.41) is 0. The number of hydrogen-bond acceptors (Lipinski definition) is 2. The fourth-order valence-corrected chi connectivity index (χ4v) is 2.59. The summed E-state index contributed by atoms with van der Waals surface area (Å²) in [4.78, 5) is 2.46. The van der Waals surface area contributed by atoms with Crippen LogP contribution in [-0.4, -0.2) is 30.6 Å².